The first-order valence-corrected chi connectivity index (χ1v) is 8.26. The fourth-order valence-corrected chi connectivity index (χ4v) is 3.54. The Labute approximate surface area is 142 Å². The second kappa shape index (κ2) is 5.92. The molecular formula is C19H16O4S. The number of ketones is 1. The van der Waals surface area contributed by atoms with Crippen LogP contribution >= 0.6 is 11.3 Å². The van der Waals surface area contributed by atoms with Crippen LogP contribution in [0.15, 0.2) is 52.1 Å². The lowest BCUT2D eigenvalue weighted by atomic mass is 9.96. The molecule has 24 heavy (non-hydrogen) atoms. The smallest absolute Gasteiger partial charge is 0.235 e. The molecule has 0 fully saturated rings. The van der Waals surface area contributed by atoms with Crippen LogP contribution in [-0.4, -0.2) is 18.5 Å². The van der Waals surface area contributed by atoms with Crippen LogP contribution in [0.2, 0.25) is 0 Å². The van der Waals surface area contributed by atoms with Crippen molar-refractivity contribution in [2.45, 2.75) is 19.4 Å². The van der Waals surface area contributed by atoms with Gasteiger partial charge in [-0.15, -0.1) is 11.3 Å². The van der Waals surface area contributed by atoms with E-state index in [4.69, 9.17) is 4.74 Å². The van der Waals surface area contributed by atoms with Gasteiger partial charge in [0.15, 0.2) is 5.78 Å². The quantitative estimate of drug-likeness (QED) is 0.542. The number of benzene rings is 2. The summed E-state index contributed by atoms with van der Waals surface area (Å²) in [5.41, 5.74) is -1.78. The Morgan fingerprint density at radius 3 is 2.29 bits per heavy atom. The number of carbonyl (C=O) groups excluding carboxylic acids is 1. The van der Waals surface area contributed by atoms with E-state index in [0.29, 0.717) is 15.6 Å². The van der Waals surface area contributed by atoms with E-state index >= 15 is 0 Å². The average Bonchev–Trinajstić information content (AvgIpc) is 2.70. The lowest BCUT2D eigenvalue weighted by Crippen LogP contribution is -2.33. The SMILES string of the molecule is COC(C)(C)C(=O)c1ccc2sc3ccccc3c(=O)c(=O)c2c1. The minimum Gasteiger partial charge on any atom is -0.371 e. The summed E-state index contributed by atoms with van der Waals surface area (Å²) in [6, 6.07) is 11.9. The van der Waals surface area contributed by atoms with Gasteiger partial charge in [0.05, 0.1) is 0 Å². The van der Waals surface area contributed by atoms with Crippen molar-refractivity contribution in [1.82, 2.24) is 0 Å². The van der Waals surface area contributed by atoms with E-state index < -0.39 is 16.5 Å². The van der Waals surface area contributed by atoms with Gasteiger partial charge in [0.25, 0.3) is 0 Å². The van der Waals surface area contributed by atoms with Gasteiger partial charge < -0.3 is 4.74 Å². The molecule has 1 aromatic heterocycles. The van der Waals surface area contributed by atoms with Gasteiger partial charge in [-0.3, -0.25) is 14.4 Å². The molecular weight excluding hydrogens is 324 g/mol. The topological polar surface area (TPSA) is 60.4 Å². The molecule has 0 atom stereocenters. The summed E-state index contributed by atoms with van der Waals surface area (Å²) in [6.07, 6.45) is 0. The lowest BCUT2D eigenvalue weighted by Gasteiger charge is -2.21. The molecule has 0 saturated heterocycles. The number of rotatable bonds is 3. The number of hydrogen-bond acceptors (Lipinski definition) is 5. The van der Waals surface area contributed by atoms with E-state index in [0.717, 1.165) is 4.70 Å². The van der Waals surface area contributed by atoms with E-state index in [-0.39, 0.29) is 11.2 Å². The third-order valence-corrected chi connectivity index (χ3v) is 5.25. The Morgan fingerprint density at radius 2 is 1.58 bits per heavy atom. The van der Waals surface area contributed by atoms with Crippen LogP contribution in [-0.2, 0) is 4.74 Å². The minimum absolute atomic E-state index is 0.236. The molecule has 3 aromatic rings. The summed E-state index contributed by atoms with van der Waals surface area (Å²) in [5, 5.41) is 0.660. The average molecular weight is 340 g/mol. The molecule has 0 aliphatic carbocycles. The van der Waals surface area contributed by atoms with Crippen molar-refractivity contribution >= 4 is 37.3 Å². The van der Waals surface area contributed by atoms with Crippen molar-refractivity contribution in [2.75, 3.05) is 7.11 Å². The molecule has 0 N–H and O–H groups in total. The number of Topliss-reactive ketones (excluding diaryl/α,β-unsaturated/α-hetero) is 1. The Hall–Kier alpha value is -2.37. The Morgan fingerprint density at radius 1 is 0.958 bits per heavy atom. The Kier molecular flexibility index (Phi) is 4.07. The van der Waals surface area contributed by atoms with Crippen molar-refractivity contribution in [1.29, 1.82) is 0 Å². The van der Waals surface area contributed by atoms with Crippen molar-refractivity contribution in [3.8, 4) is 0 Å². The first kappa shape index (κ1) is 16.5. The lowest BCUT2D eigenvalue weighted by molar-refractivity contribution is 0.0228. The van der Waals surface area contributed by atoms with Crippen LogP contribution in [0.5, 0.6) is 0 Å². The van der Waals surface area contributed by atoms with Crippen molar-refractivity contribution < 1.29 is 9.53 Å². The predicted octanol–water partition coefficient (Wildman–Crippen LogP) is 3.38. The molecule has 0 aliphatic heterocycles. The summed E-state index contributed by atoms with van der Waals surface area (Å²) >= 11 is 1.36. The molecule has 0 saturated carbocycles. The highest BCUT2D eigenvalue weighted by Gasteiger charge is 2.28. The predicted molar refractivity (Wildman–Crippen MR) is 97.3 cm³/mol. The Bertz CT molecular complexity index is 1080. The molecule has 122 valence electrons. The van der Waals surface area contributed by atoms with Crippen molar-refractivity contribution in [3.63, 3.8) is 0 Å². The fraction of sp³-hybridized carbons (Fsp3) is 0.211. The van der Waals surface area contributed by atoms with Crippen LogP contribution in [0.3, 0.4) is 0 Å². The third kappa shape index (κ3) is 2.66. The van der Waals surface area contributed by atoms with E-state index in [2.05, 4.69) is 0 Å². The standard InChI is InChI=1S/C19H16O4S/c1-19(2,23-3)18(22)11-8-9-15-13(10-11)17(21)16(20)12-6-4-5-7-14(12)24-15/h4-10H,1-3H3. The van der Waals surface area contributed by atoms with Gasteiger partial charge in [0, 0.05) is 32.8 Å². The molecule has 1 heterocycles. The van der Waals surface area contributed by atoms with Gasteiger partial charge in [0.1, 0.15) is 5.60 Å². The molecule has 0 unspecified atom stereocenters. The molecule has 5 heteroatoms. The normalized spacial score (nSPS) is 11.8. The number of hydrogen-bond donors (Lipinski definition) is 0. The summed E-state index contributed by atoms with van der Waals surface area (Å²) in [6.45, 7) is 3.33. The number of ether oxygens (including phenoxy) is 1. The second-order valence-corrected chi connectivity index (χ2v) is 7.09. The maximum Gasteiger partial charge on any atom is 0.235 e. The molecule has 2 aromatic carbocycles. The summed E-state index contributed by atoms with van der Waals surface area (Å²) in [4.78, 5) is 37.6. The highest BCUT2D eigenvalue weighted by Crippen LogP contribution is 2.24. The maximum absolute atomic E-state index is 12.6. The van der Waals surface area contributed by atoms with E-state index in [1.807, 2.05) is 12.1 Å². The highest BCUT2D eigenvalue weighted by molar-refractivity contribution is 7.24. The van der Waals surface area contributed by atoms with Gasteiger partial charge in [-0.2, -0.15) is 0 Å². The summed E-state index contributed by atoms with van der Waals surface area (Å²) < 4.78 is 6.63. The fourth-order valence-electron chi connectivity index (χ4n) is 2.48. The number of methoxy groups -OCH3 is 1. The van der Waals surface area contributed by atoms with E-state index in [1.54, 1.807) is 38.1 Å². The first-order chi connectivity index (χ1) is 11.3. The third-order valence-electron chi connectivity index (χ3n) is 4.10. The number of carbonyl (C=O) groups is 1. The number of fused-ring (bicyclic) bond motifs is 2. The van der Waals surface area contributed by atoms with Gasteiger partial charge in [-0.25, -0.2) is 0 Å². The molecule has 0 bridgehead atoms. The zero-order valence-electron chi connectivity index (χ0n) is 13.6. The largest absolute Gasteiger partial charge is 0.371 e. The molecule has 3 rings (SSSR count). The molecule has 4 nitrogen and oxygen atoms in total. The van der Waals surface area contributed by atoms with Crippen LogP contribution in [0, 0.1) is 0 Å². The highest BCUT2D eigenvalue weighted by atomic mass is 32.1. The monoisotopic (exact) mass is 340 g/mol. The van der Waals surface area contributed by atoms with Gasteiger partial charge in [-0.1, -0.05) is 12.1 Å². The van der Waals surface area contributed by atoms with Crippen LogP contribution in [0.25, 0.3) is 20.2 Å². The molecule has 0 aliphatic rings. The van der Waals surface area contributed by atoms with E-state index in [1.165, 1.54) is 24.5 Å². The van der Waals surface area contributed by atoms with Gasteiger partial charge in [0.2, 0.25) is 10.9 Å². The van der Waals surface area contributed by atoms with E-state index in [9.17, 15) is 14.4 Å². The van der Waals surface area contributed by atoms with Crippen LogP contribution in [0.1, 0.15) is 24.2 Å². The zero-order chi connectivity index (χ0) is 17.5. The summed E-state index contributed by atoms with van der Waals surface area (Å²) in [5.74, 6) is -0.236. The first-order valence-electron chi connectivity index (χ1n) is 7.45. The van der Waals surface area contributed by atoms with Crippen molar-refractivity contribution in [3.05, 3.63) is 68.5 Å². The second-order valence-electron chi connectivity index (χ2n) is 6.01. The zero-order valence-corrected chi connectivity index (χ0v) is 14.4. The van der Waals surface area contributed by atoms with Crippen LogP contribution < -0.4 is 10.9 Å². The molecule has 0 radical (unpaired) electrons. The summed E-state index contributed by atoms with van der Waals surface area (Å²) in [7, 11) is 1.46. The molecule has 0 spiro atoms. The van der Waals surface area contributed by atoms with Crippen molar-refractivity contribution in [2.24, 2.45) is 0 Å². The minimum atomic E-state index is -0.998. The van der Waals surface area contributed by atoms with Crippen LogP contribution in [0.4, 0.5) is 0 Å². The maximum atomic E-state index is 12.6. The Balaban J connectivity index is 2.38. The molecule has 0 amide bonds. The van der Waals surface area contributed by atoms with Gasteiger partial charge >= 0.3 is 0 Å². The van der Waals surface area contributed by atoms with Gasteiger partial charge in [-0.05, 0) is 44.2 Å².